The number of aliphatic hydroxyl groups is 1. The van der Waals surface area contributed by atoms with E-state index in [1.807, 2.05) is 24.1 Å². The van der Waals surface area contributed by atoms with Gasteiger partial charge in [0, 0.05) is 6.54 Å². The maximum Gasteiger partial charge on any atom is 0.231 e. The van der Waals surface area contributed by atoms with Crippen molar-refractivity contribution in [2.45, 2.75) is 18.1 Å². The lowest BCUT2D eigenvalue weighted by Gasteiger charge is -2.45. The van der Waals surface area contributed by atoms with E-state index >= 15 is 0 Å². The number of benzene rings is 2. The minimum Gasteiger partial charge on any atom is -0.493 e. The van der Waals surface area contributed by atoms with E-state index < -0.39 is 11.6 Å². The first kappa shape index (κ1) is 17.3. The summed E-state index contributed by atoms with van der Waals surface area (Å²) in [5.74, 6) is 1.89. The molecule has 1 spiro atoms. The van der Waals surface area contributed by atoms with Gasteiger partial charge in [0.2, 0.25) is 6.79 Å². The Labute approximate surface area is 162 Å². The third-order valence-corrected chi connectivity index (χ3v) is 6.17. The number of nitrogens with zero attached hydrogens (tertiary/aromatic N) is 1. The zero-order chi connectivity index (χ0) is 19.6. The van der Waals surface area contributed by atoms with Crippen molar-refractivity contribution in [3.8, 4) is 23.0 Å². The zero-order valence-corrected chi connectivity index (χ0v) is 15.9. The van der Waals surface area contributed by atoms with Gasteiger partial charge in [-0.05, 0) is 48.4 Å². The lowest BCUT2D eigenvalue weighted by Crippen LogP contribution is -2.54. The summed E-state index contributed by atoms with van der Waals surface area (Å²) in [6, 6.07) is 7.21. The molecule has 2 heterocycles. The van der Waals surface area contributed by atoms with Crippen LogP contribution in [0.15, 0.2) is 24.3 Å². The van der Waals surface area contributed by atoms with Gasteiger partial charge in [0.25, 0.3) is 0 Å². The van der Waals surface area contributed by atoms with Gasteiger partial charge in [-0.3, -0.25) is 9.69 Å². The SMILES string of the molecule is COc1cc2c(cc1OC)[C@@]1(C(=O)c3c(ccc4c3OCO4)[C@H]1O)N(C)CC2. The van der Waals surface area contributed by atoms with Gasteiger partial charge in [0.05, 0.1) is 19.8 Å². The Balaban J connectivity index is 1.78. The third kappa shape index (κ3) is 1.92. The predicted molar refractivity (Wildman–Crippen MR) is 99.4 cm³/mol. The Morgan fingerprint density at radius 3 is 2.68 bits per heavy atom. The number of aliphatic hydroxyl groups excluding tert-OH is 1. The highest BCUT2D eigenvalue weighted by Gasteiger charge is 2.60. The predicted octanol–water partition coefficient (Wildman–Crippen LogP) is 2.05. The summed E-state index contributed by atoms with van der Waals surface area (Å²) in [6.07, 6.45) is -0.297. The maximum absolute atomic E-state index is 13.9. The summed E-state index contributed by atoms with van der Waals surface area (Å²) < 4.78 is 21.9. The van der Waals surface area contributed by atoms with Crippen LogP contribution in [0.3, 0.4) is 0 Å². The highest BCUT2D eigenvalue weighted by atomic mass is 16.7. The summed E-state index contributed by atoms with van der Waals surface area (Å²) in [5, 5.41) is 11.4. The van der Waals surface area contributed by atoms with Crippen molar-refractivity contribution < 1.29 is 28.8 Å². The largest absolute Gasteiger partial charge is 0.493 e. The first-order valence-electron chi connectivity index (χ1n) is 9.16. The molecule has 7 heteroatoms. The molecule has 3 aliphatic rings. The van der Waals surface area contributed by atoms with Gasteiger partial charge in [0.1, 0.15) is 11.6 Å². The van der Waals surface area contributed by atoms with Gasteiger partial charge in [-0.2, -0.15) is 0 Å². The molecule has 0 saturated carbocycles. The van der Waals surface area contributed by atoms with Crippen LogP contribution in [0.2, 0.25) is 0 Å². The highest BCUT2D eigenvalue weighted by molar-refractivity contribution is 6.11. The average molecular weight is 383 g/mol. The normalized spacial score (nSPS) is 25.0. The average Bonchev–Trinajstić information content (AvgIpc) is 3.27. The number of methoxy groups -OCH3 is 2. The summed E-state index contributed by atoms with van der Waals surface area (Å²) in [4.78, 5) is 15.8. The Morgan fingerprint density at radius 2 is 1.93 bits per heavy atom. The van der Waals surface area contributed by atoms with E-state index in [0.29, 0.717) is 40.7 Å². The molecule has 2 atom stereocenters. The van der Waals surface area contributed by atoms with Crippen molar-refractivity contribution in [3.63, 3.8) is 0 Å². The molecule has 0 bridgehead atoms. The third-order valence-electron chi connectivity index (χ3n) is 6.17. The van der Waals surface area contributed by atoms with Crippen LogP contribution in [0.5, 0.6) is 23.0 Å². The number of ketones is 1. The summed E-state index contributed by atoms with van der Waals surface area (Å²) in [5.41, 5.74) is 1.42. The second-order valence-electron chi connectivity index (χ2n) is 7.30. The number of likely N-dealkylation sites (N-methyl/N-ethyl adjacent to an activating group) is 1. The number of rotatable bonds is 2. The van der Waals surface area contributed by atoms with Crippen LogP contribution in [-0.2, 0) is 12.0 Å². The number of carbonyl (C=O) groups is 1. The van der Waals surface area contributed by atoms with Gasteiger partial charge < -0.3 is 24.1 Å². The molecule has 2 aromatic rings. The maximum atomic E-state index is 13.9. The molecule has 1 N–H and O–H groups in total. The number of hydrogen-bond donors (Lipinski definition) is 1. The van der Waals surface area contributed by atoms with Crippen LogP contribution >= 0.6 is 0 Å². The lowest BCUT2D eigenvalue weighted by molar-refractivity contribution is -0.00774. The van der Waals surface area contributed by atoms with Crippen molar-refractivity contribution >= 4 is 5.78 Å². The molecule has 0 unspecified atom stereocenters. The molecule has 1 aliphatic carbocycles. The summed E-state index contributed by atoms with van der Waals surface area (Å²) >= 11 is 0. The number of ether oxygens (including phenoxy) is 4. The number of carbonyl (C=O) groups excluding carboxylic acids is 1. The van der Waals surface area contributed by atoms with E-state index in [2.05, 4.69) is 0 Å². The topological polar surface area (TPSA) is 77.5 Å². The fourth-order valence-electron chi connectivity index (χ4n) is 4.79. The Kier molecular flexibility index (Phi) is 3.63. The van der Waals surface area contributed by atoms with Crippen LogP contribution in [0.25, 0.3) is 0 Å². The van der Waals surface area contributed by atoms with Crippen LogP contribution in [0.1, 0.15) is 33.2 Å². The number of fused-ring (bicyclic) bond motifs is 5. The molecule has 0 aromatic heterocycles. The quantitative estimate of drug-likeness (QED) is 0.850. The monoisotopic (exact) mass is 383 g/mol. The van der Waals surface area contributed by atoms with E-state index in [0.717, 1.165) is 17.5 Å². The van der Waals surface area contributed by atoms with Crippen molar-refractivity contribution in [2.24, 2.45) is 0 Å². The van der Waals surface area contributed by atoms with Crippen LogP contribution in [0, 0.1) is 0 Å². The van der Waals surface area contributed by atoms with Gasteiger partial charge in [-0.1, -0.05) is 6.07 Å². The Bertz CT molecular complexity index is 1000. The van der Waals surface area contributed by atoms with Crippen LogP contribution in [0.4, 0.5) is 0 Å². The van der Waals surface area contributed by atoms with E-state index in [-0.39, 0.29) is 12.6 Å². The molecule has 146 valence electrons. The molecule has 2 aliphatic heterocycles. The first-order valence-corrected chi connectivity index (χ1v) is 9.16. The molecule has 0 fully saturated rings. The van der Waals surface area contributed by atoms with Gasteiger partial charge in [-0.25, -0.2) is 0 Å². The van der Waals surface area contributed by atoms with E-state index in [9.17, 15) is 9.90 Å². The highest BCUT2D eigenvalue weighted by Crippen LogP contribution is 2.57. The number of hydrogen-bond acceptors (Lipinski definition) is 7. The molecule has 28 heavy (non-hydrogen) atoms. The smallest absolute Gasteiger partial charge is 0.231 e. The van der Waals surface area contributed by atoms with Crippen molar-refractivity contribution in [1.82, 2.24) is 4.90 Å². The minimum absolute atomic E-state index is 0.0691. The van der Waals surface area contributed by atoms with E-state index in [1.165, 1.54) is 0 Å². The summed E-state index contributed by atoms with van der Waals surface area (Å²) in [6.45, 7) is 0.693. The second kappa shape index (κ2) is 5.86. The molecular formula is C21H21NO6. The van der Waals surface area contributed by atoms with Crippen molar-refractivity contribution in [1.29, 1.82) is 0 Å². The molecule has 5 rings (SSSR count). The van der Waals surface area contributed by atoms with Crippen LogP contribution in [-0.4, -0.2) is 50.4 Å². The molecule has 0 radical (unpaired) electrons. The van der Waals surface area contributed by atoms with Gasteiger partial charge in [0.15, 0.2) is 28.8 Å². The van der Waals surface area contributed by atoms with E-state index in [1.54, 1.807) is 26.4 Å². The Morgan fingerprint density at radius 1 is 1.18 bits per heavy atom. The van der Waals surface area contributed by atoms with E-state index in [4.69, 9.17) is 18.9 Å². The molecule has 2 aromatic carbocycles. The molecular weight excluding hydrogens is 362 g/mol. The summed E-state index contributed by atoms with van der Waals surface area (Å²) in [7, 11) is 5.01. The fourth-order valence-corrected chi connectivity index (χ4v) is 4.79. The van der Waals surface area contributed by atoms with Crippen LogP contribution < -0.4 is 18.9 Å². The number of Topliss-reactive ketones (excluding diaryl/α,β-unsaturated/α-hetero) is 1. The first-order chi connectivity index (χ1) is 13.5. The fraction of sp³-hybridized carbons (Fsp3) is 0.381. The lowest BCUT2D eigenvalue weighted by atomic mass is 9.76. The molecule has 0 saturated heterocycles. The second-order valence-corrected chi connectivity index (χ2v) is 7.30. The Hall–Kier alpha value is -2.77. The standard InChI is InChI=1S/C21H21NO6/c1-22-7-6-11-8-15(25-2)16(26-3)9-13(11)21(22)19(23)12-4-5-14-18(28-10-27-14)17(12)20(21)24/h4-5,8-9,19,23H,6-7,10H2,1-3H3/t19-,21-/m1/s1. The minimum atomic E-state index is -1.24. The van der Waals surface area contributed by atoms with Gasteiger partial charge >= 0.3 is 0 Å². The molecule has 7 nitrogen and oxygen atoms in total. The molecule has 0 amide bonds. The van der Waals surface area contributed by atoms with Crippen molar-refractivity contribution in [3.05, 3.63) is 46.5 Å². The zero-order valence-electron chi connectivity index (χ0n) is 15.9. The van der Waals surface area contributed by atoms with Gasteiger partial charge in [-0.15, -0.1) is 0 Å². The van der Waals surface area contributed by atoms with Crippen molar-refractivity contribution in [2.75, 3.05) is 34.6 Å².